The maximum atomic E-state index is 12.4. The van der Waals surface area contributed by atoms with E-state index in [9.17, 15) is 37.8 Å². The molecule has 0 radical (unpaired) electrons. The standard InChI is InChI=1S/C11H14F3NO7/c1-4(16)22-7-6(18)5(17)3-10(7,9(20)21-2)15-8(19)11(12,13)14/h5-7,17-18H,3H2,1-2H3,(H,15,19)/t5-,6-,7+,10+/m0/s1. The Morgan fingerprint density at radius 2 is 1.82 bits per heavy atom. The fourth-order valence-corrected chi connectivity index (χ4v) is 2.24. The minimum atomic E-state index is -5.33. The van der Waals surface area contributed by atoms with Crippen molar-refractivity contribution in [2.24, 2.45) is 0 Å². The van der Waals surface area contributed by atoms with E-state index in [4.69, 9.17) is 0 Å². The van der Waals surface area contributed by atoms with Crippen LogP contribution in [-0.2, 0) is 23.9 Å². The number of hydrogen-bond donors (Lipinski definition) is 3. The van der Waals surface area contributed by atoms with Crippen molar-refractivity contribution in [3.05, 3.63) is 0 Å². The van der Waals surface area contributed by atoms with E-state index in [1.54, 1.807) is 0 Å². The quantitative estimate of drug-likeness (QED) is 0.546. The zero-order chi connectivity index (χ0) is 17.3. The summed E-state index contributed by atoms with van der Waals surface area (Å²) in [6.45, 7) is 0.880. The Morgan fingerprint density at radius 1 is 1.27 bits per heavy atom. The molecule has 4 atom stereocenters. The van der Waals surface area contributed by atoms with E-state index in [0.29, 0.717) is 0 Å². The average molecular weight is 329 g/mol. The number of esters is 2. The second-order valence-electron chi connectivity index (χ2n) is 4.71. The maximum Gasteiger partial charge on any atom is 0.471 e. The Morgan fingerprint density at radius 3 is 2.23 bits per heavy atom. The first-order chi connectivity index (χ1) is 9.95. The largest absolute Gasteiger partial charge is 0.471 e. The number of methoxy groups -OCH3 is 1. The van der Waals surface area contributed by atoms with Crippen LogP contribution in [0.5, 0.6) is 0 Å². The van der Waals surface area contributed by atoms with Gasteiger partial charge in [0, 0.05) is 13.3 Å². The van der Waals surface area contributed by atoms with Gasteiger partial charge in [-0.2, -0.15) is 13.2 Å². The van der Waals surface area contributed by atoms with Gasteiger partial charge in [0.25, 0.3) is 0 Å². The summed E-state index contributed by atoms with van der Waals surface area (Å²) < 4.78 is 46.2. The van der Waals surface area contributed by atoms with Gasteiger partial charge in [0.15, 0.2) is 11.6 Å². The normalized spacial score (nSPS) is 31.5. The van der Waals surface area contributed by atoms with Crippen molar-refractivity contribution < 1.29 is 47.2 Å². The Kier molecular flexibility index (Phi) is 5.03. The van der Waals surface area contributed by atoms with Gasteiger partial charge in [-0.25, -0.2) is 4.79 Å². The Bertz CT molecular complexity index is 481. The summed E-state index contributed by atoms with van der Waals surface area (Å²) in [7, 11) is 0.825. The smallest absolute Gasteiger partial charge is 0.467 e. The summed E-state index contributed by atoms with van der Waals surface area (Å²) in [6.07, 6.45) is -11.7. The second kappa shape index (κ2) is 6.08. The van der Waals surface area contributed by atoms with Crippen LogP contribution in [0.15, 0.2) is 0 Å². The Labute approximate surface area is 122 Å². The molecule has 1 saturated carbocycles. The number of carbonyl (C=O) groups excluding carboxylic acids is 3. The topological polar surface area (TPSA) is 122 Å². The molecule has 1 aliphatic rings. The highest BCUT2D eigenvalue weighted by atomic mass is 19.4. The number of nitrogens with one attached hydrogen (secondary N) is 1. The third-order valence-electron chi connectivity index (χ3n) is 3.16. The molecule has 8 nitrogen and oxygen atoms in total. The van der Waals surface area contributed by atoms with Crippen LogP contribution < -0.4 is 5.32 Å². The lowest BCUT2D eigenvalue weighted by molar-refractivity contribution is -0.183. The van der Waals surface area contributed by atoms with Crippen molar-refractivity contribution in [2.75, 3.05) is 7.11 Å². The summed E-state index contributed by atoms with van der Waals surface area (Å²) in [6, 6.07) is 0. The van der Waals surface area contributed by atoms with E-state index in [1.165, 1.54) is 5.32 Å². The minimum Gasteiger partial charge on any atom is -0.467 e. The van der Waals surface area contributed by atoms with Crippen molar-refractivity contribution in [1.29, 1.82) is 0 Å². The van der Waals surface area contributed by atoms with Crippen LogP contribution in [0.1, 0.15) is 13.3 Å². The number of ether oxygens (including phenoxy) is 2. The molecular weight excluding hydrogens is 315 g/mol. The molecule has 0 aromatic heterocycles. The number of aliphatic hydroxyl groups excluding tert-OH is 2. The Balaban J connectivity index is 3.27. The fourth-order valence-electron chi connectivity index (χ4n) is 2.24. The average Bonchev–Trinajstić information content (AvgIpc) is 2.62. The van der Waals surface area contributed by atoms with E-state index in [2.05, 4.69) is 9.47 Å². The third-order valence-corrected chi connectivity index (χ3v) is 3.16. The van der Waals surface area contributed by atoms with E-state index in [-0.39, 0.29) is 0 Å². The van der Waals surface area contributed by atoms with Gasteiger partial charge in [-0.1, -0.05) is 0 Å². The van der Waals surface area contributed by atoms with Gasteiger partial charge in [-0.3, -0.25) is 9.59 Å². The first-order valence-corrected chi connectivity index (χ1v) is 5.97. The van der Waals surface area contributed by atoms with Gasteiger partial charge in [0.1, 0.15) is 6.10 Å². The third kappa shape index (κ3) is 3.30. The first kappa shape index (κ1) is 18.2. The van der Waals surface area contributed by atoms with E-state index in [0.717, 1.165) is 14.0 Å². The zero-order valence-corrected chi connectivity index (χ0v) is 11.5. The molecule has 1 amide bonds. The number of alkyl halides is 3. The molecule has 22 heavy (non-hydrogen) atoms. The molecular formula is C11H14F3NO7. The lowest BCUT2D eigenvalue weighted by Gasteiger charge is -2.33. The monoisotopic (exact) mass is 329 g/mol. The molecule has 3 N–H and O–H groups in total. The molecule has 126 valence electrons. The number of aliphatic hydroxyl groups is 2. The first-order valence-electron chi connectivity index (χ1n) is 5.97. The van der Waals surface area contributed by atoms with Crippen LogP contribution in [0.4, 0.5) is 13.2 Å². The molecule has 0 aliphatic heterocycles. The summed E-state index contributed by atoms with van der Waals surface area (Å²) in [5.74, 6) is -4.93. The van der Waals surface area contributed by atoms with Gasteiger partial charge >= 0.3 is 24.0 Å². The minimum absolute atomic E-state index is 0.819. The van der Waals surface area contributed by atoms with E-state index < -0.39 is 54.3 Å². The number of hydrogen-bond acceptors (Lipinski definition) is 7. The van der Waals surface area contributed by atoms with Crippen LogP contribution in [0.2, 0.25) is 0 Å². The van der Waals surface area contributed by atoms with Gasteiger partial charge in [0.2, 0.25) is 0 Å². The zero-order valence-electron chi connectivity index (χ0n) is 11.5. The van der Waals surface area contributed by atoms with Gasteiger partial charge < -0.3 is 25.0 Å². The maximum absolute atomic E-state index is 12.4. The molecule has 0 spiro atoms. The highest BCUT2D eigenvalue weighted by Crippen LogP contribution is 2.35. The number of amides is 1. The van der Waals surface area contributed by atoms with Crippen molar-refractivity contribution in [1.82, 2.24) is 5.32 Å². The van der Waals surface area contributed by atoms with Crippen molar-refractivity contribution >= 4 is 17.8 Å². The van der Waals surface area contributed by atoms with E-state index in [1.807, 2.05) is 0 Å². The highest BCUT2D eigenvalue weighted by Gasteiger charge is 2.63. The van der Waals surface area contributed by atoms with Gasteiger partial charge in [0.05, 0.1) is 13.2 Å². The number of halogens is 3. The summed E-state index contributed by atoms with van der Waals surface area (Å²) >= 11 is 0. The molecule has 1 aliphatic carbocycles. The van der Waals surface area contributed by atoms with Crippen molar-refractivity contribution in [3.63, 3.8) is 0 Å². The van der Waals surface area contributed by atoms with E-state index >= 15 is 0 Å². The SMILES string of the molecule is COC(=O)[C@@]1(NC(=O)C(F)(F)F)C[C@H](O)[C@H](O)[C@H]1OC(C)=O. The lowest BCUT2D eigenvalue weighted by atomic mass is 9.94. The molecule has 1 rings (SSSR count). The van der Waals surface area contributed by atoms with Crippen molar-refractivity contribution in [2.45, 2.75) is 43.4 Å². The summed E-state index contributed by atoms with van der Waals surface area (Å²) in [5.41, 5.74) is -2.55. The van der Waals surface area contributed by atoms with Gasteiger partial charge in [-0.15, -0.1) is 0 Å². The summed E-state index contributed by atoms with van der Waals surface area (Å²) in [4.78, 5) is 34.0. The number of carbonyl (C=O) groups is 3. The van der Waals surface area contributed by atoms with Crippen LogP contribution in [0.25, 0.3) is 0 Å². The molecule has 0 aromatic carbocycles. The Hall–Kier alpha value is -1.88. The van der Waals surface area contributed by atoms with Crippen LogP contribution >= 0.6 is 0 Å². The fraction of sp³-hybridized carbons (Fsp3) is 0.727. The molecule has 1 fully saturated rings. The lowest BCUT2D eigenvalue weighted by Crippen LogP contribution is -2.64. The van der Waals surface area contributed by atoms with Crippen LogP contribution in [0, 0.1) is 0 Å². The highest BCUT2D eigenvalue weighted by molar-refractivity contribution is 5.92. The van der Waals surface area contributed by atoms with Crippen molar-refractivity contribution in [3.8, 4) is 0 Å². The summed E-state index contributed by atoms with van der Waals surface area (Å²) in [5, 5.41) is 20.7. The van der Waals surface area contributed by atoms with Crippen LogP contribution in [0.3, 0.4) is 0 Å². The molecule has 0 bridgehead atoms. The predicted molar refractivity (Wildman–Crippen MR) is 61.1 cm³/mol. The second-order valence-corrected chi connectivity index (χ2v) is 4.71. The molecule has 11 heteroatoms. The number of rotatable bonds is 3. The molecule has 0 unspecified atom stereocenters. The van der Waals surface area contributed by atoms with Gasteiger partial charge in [-0.05, 0) is 0 Å². The predicted octanol–water partition coefficient (Wildman–Crippen LogP) is -1.37. The molecule has 0 aromatic rings. The molecule has 0 heterocycles. The molecule has 0 saturated heterocycles. The van der Waals surface area contributed by atoms with Crippen LogP contribution in [-0.4, -0.2) is 65.2 Å².